The maximum atomic E-state index is 11.6. The maximum Gasteiger partial charge on any atom is 0.343 e. The molecule has 0 aliphatic carbocycles. The lowest BCUT2D eigenvalue weighted by molar-refractivity contribution is 0.0526. The van der Waals surface area contributed by atoms with E-state index in [2.05, 4.69) is 15.1 Å². The van der Waals surface area contributed by atoms with E-state index in [1.807, 2.05) is 17.8 Å². The molecule has 2 aromatic heterocycles. The molecule has 0 amide bonds. The lowest BCUT2D eigenvalue weighted by atomic mass is 10.3. The van der Waals surface area contributed by atoms with Crippen molar-refractivity contribution in [3.63, 3.8) is 0 Å². The first-order chi connectivity index (χ1) is 10.1. The molecule has 0 spiro atoms. The first kappa shape index (κ1) is 15.3. The van der Waals surface area contributed by atoms with Crippen LogP contribution in [0.5, 0.6) is 0 Å². The van der Waals surface area contributed by atoms with Crippen molar-refractivity contribution in [1.29, 1.82) is 0 Å². The molecule has 0 unspecified atom stereocenters. The Bertz CT molecular complexity index is 629. The van der Waals surface area contributed by atoms with Gasteiger partial charge in [0, 0.05) is 30.9 Å². The molecule has 0 aliphatic rings. The lowest BCUT2D eigenvalue weighted by Gasteiger charge is -2.06. The number of nitrogen functional groups attached to an aromatic ring is 1. The standard InChI is InChI=1S/C13H17N5O2S/c1-3-20-12(19)10-8-15-13(17-11(10)14)21-7-5-9-4-6-16-18(9)2/h4,6,8H,3,5,7H2,1-2H3,(H2,14,15,17). The number of esters is 1. The van der Waals surface area contributed by atoms with E-state index in [0.29, 0.717) is 11.8 Å². The van der Waals surface area contributed by atoms with E-state index in [0.717, 1.165) is 17.9 Å². The molecule has 7 nitrogen and oxygen atoms in total. The summed E-state index contributed by atoms with van der Waals surface area (Å²) in [5.41, 5.74) is 7.10. The van der Waals surface area contributed by atoms with E-state index >= 15 is 0 Å². The predicted octanol–water partition coefficient (Wildman–Crippen LogP) is 1.30. The van der Waals surface area contributed by atoms with Crippen LogP contribution in [0.1, 0.15) is 23.0 Å². The number of hydrogen-bond donors (Lipinski definition) is 1. The van der Waals surface area contributed by atoms with E-state index in [1.165, 1.54) is 18.0 Å². The fourth-order valence-electron chi connectivity index (χ4n) is 1.71. The molecule has 0 atom stereocenters. The van der Waals surface area contributed by atoms with Gasteiger partial charge in [0.25, 0.3) is 0 Å². The molecule has 112 valence electrons. The van der Waals surface area contributed by atoms with Crippen LogP contribution >= 0.6 is 11.8 Å². The summed E-state index contributed by atoms with van der Waals surface area (Å²) in [5.74, 6) is 0.450. The molecule has 0 saturated carbocycles. The Morgan fingerprint density at radius 3 is 2.95 bits per heavy atom. The summed E-state index contributed by atoms with van der Waals surface area (Å²) in [5, 5.41) is 4.65. The summed E-state index contributed by atoms with van der Waals surface area (Å²) in [6.07, 6.45) is 4.03. The quantitative estimate of drug-likeness (QED) is 0.488. The molecule has 0 bridgehead atoms. The van der Waals surface area contributed by atoms with Gasteiger partial charge in [0.15, 0.2) is 5.16 Å². The minimum Gasteiger partial charge on any atom is -0.462 e. The molecule has 0 saturated heterocycles. The van der Waals surface area contributed by atoms with Crippen molar-refractivity contribution < 1.29 is 9.53 Å². The molecule has 8 heteroatoms. The van der Waals surface area contributed by atoms with E-state index in [-0.39, 0.29) is 11.4 Å². The third-order valence-corrected chi connectivity index (χ3v) is 3.67. The van der Waals surface area contributed by atoms with Crippen molar-refractivity contribution in [1.82, 2.24) is 19.7 Å². The van der Waals surface area contributed by atoms with Gasteiger partial charge in [-0.15, -0.1) is 0 Å². The van der Waals surface area contributed by atoms with Gasteiger partial charge in [0.2, 0.25) is 0 Å². The normalized spacial score (nSPS) is 10.6. The zero-order valence-electron chi connectivity index (χ0n) is 11.9. The topological polar surface area (TPSA) is 95.9 Å². The Labute approximate surface area is 126 Å². The molecule has 2 heterocycles. The Morgan fingerprint density at radius 1 is 1.52 bits per heavy atom. The SMILES string of the molecule is CCOC(=O)c1cnc(SCCc2ccnn2C)nc1N. The second-order valence-corrected chi connectivity index (χ2v) is 5.28. The second-order valence-electron chi connectivity index (χ2n) is 4.22. The lowest BCUT2D eigenvalue weighted by Crippen LogP contribution is -2.10. The number of hydrogen-bond acceptors (Lipinski definition) is 7. The largest absolute Gasteiger partial charge is 0.462 e. The number of nitrogens with zero attached hydrogens (tertiary/aromatic N) is 4. The van der Waals surface area contributed by atoms with Gasteiger partial charge in [0.1, 0.15) is 11.4 Å². The van der Waals surface area contributed by atoms with Crippen molar-refractivity contribution >= 4 is 23.5 Å². The molecule has 0 aliphatic heterocycles. The van der Waals surface area contributed by atoms with Crippen molar-refractivity contribution in [2.75, 3.05) is 18.1 Å². The highest BCUT2D eigenvalue weighted by molar-refractivity contribution is 7.99. The molecular formula is C13H17N5O2S. The summed E-state index contributed by atoms with van der Waals surface area (Å²) < 4.78 is 6.71. The van der Waals surface area contributed by atoms with Crippen molar-refractivity contribution in [2.45, 2.75) is 18.5 Å². The van der Waals surface area contributed by atoms with Crippen LogP contribution in [0.25, 0.3) is 0 Å². The van der Waals surface area contributed by atoms with Gasteiger partial charge in [0.05, 0.1) is 6.61 Å². The summed E-state index contributed by atoms with van der Waals surface area (Å²) in [4.78, 5) is 19.8. The predicted molar refractivity (Wildman–Crippen MR) is 80.0 cm³/mol. The fourth-order valence-corrected chi connectivity index (χ4v) is 2.49. The van der Waals surface area contributed by atoms with Crippen molar-refractivity contribution in [3.05, 3.63) is 29.7 Å². The number of carbonyl (C=O) groups is 1. The number of thioether (sulfide) groups is 1. The molecule has 21 heavy (non-hydrogen) atoms. The zero-order valence-corrected chi connectivity index (χ0v) is 12.8. The Morgan fingerprint density at radius 2 is 2.33 bits per heavy atom. The minimum atomic E-state index is -0.499. The average molecular weight is 307 g/mol. The van der Waals surface area contributed by atoms with Gasteiger partial charge in [-0.05, 0) is 19.4 Å². The number of anilines is 1. The van der Waals surface area contributed by atoms with Crippen molar-refractivity contribution in [3.8, 4) is 0 Å². The third-order valence-electron chi connectivity index (χ3n) is 2.80. The van der Waals surface area contributed by atoms with Crippen LogP contribution in [0, 0.1) is 0 Å². The van der Waals surface area contributed by atoms with Gasteiger partial charge in [-0.25, -0.2) is 14.8 Å². The van der Waals surface area contributed by atoms with Crippen LogP contribution in [0.4, 0.5) is 5.82 Å². The highest BCUT2D eigenvalue weighted by Crippen LogP contribution is 2.18. The van der Waals surface area contributed by atoms with Gasteiger partial charge < -0.3 is 10.5 Å². The maximum absolute atomic E-state index is 11.6. The molecule has 0 fully saturated rings. The molecular weight excluding hydrogens is 290 g/mol. The van der Waals surface area contributed by atoms with Gasteiger partial charge in [-0.1, -0.05) is 11.8 Å². The first-order valence-corrected chi connectivity index (χ1v) is 7.49. The van der Waals surface area contributed by atoms with E-state index in [9.17, 15) is 4.79 Å². The molecule has 2 N–H and O–H groups in total. The Balaban J connectivity index is 1.94. The fraction of sp³-hybridized carbons (Fsp3) is 0.385. The minimum absolute atomic E-state index is 0.145. The van der Waals surface area contributed by atoms with Crippen LogP contribution in [0.2, 0.25) is 0 Å². The van der Waals surface area contributed by atoms with Crippen molar-refractivity contribution in [2.24, 2.45) is 7.05 Å². The number of nitrogens with two attached hydrogens (primary N) is 1. The number of aryl methyl sites for hydroxylation is 2. The third kappa shape index (κ3) is 3.94. The van der Waals surface area contributed by atoms with Crippen LogP contribution in [0.15, 0.2) is 23.6 Å². The number of rotatable bonds is 6. The first-order valence-electron chi connectivity index (χ1n) is 6.51. The highest BCUT2D eigenvalue weighted by Gasteiger charge is 2.13. The molecule has 0 radical (unpaired) electrons. The molecule has 2 rings (SSSR count). The van der Waals surface area contributed by atoms with E-state index < -0.39 is 5.97 Å². The number of aromatic nitrogens is 4. The summed E-state index contributed by atoms with van der Waals surface area (Å²) in [6.45, 7) is 2.02. The van der Waals surface area contributed by atoms with Gasteiger partial charge in [-0.3, -0.25) is 4.68 Å². The van der Waals surface area contributed by atoms with E-state index in [4.69, 9.17) is 10.5 Å². The summed E-state index contributed by atoms with van der Waals surface area (Å²) >= 11 is 1.48. The van der Waals surface area contributed by atoms with Crippen LogP contribution < -0.4 is 5.73 Å². The van der Waals surface area contributed by atoms with E-state index in [1.54, 1.807) is 13.1 Å². The smallest absolute Gasteiger partial charge is 0.343 e. The molecule has 2 aromatic rings. The second kappa shape index (κ2) is 7.07. The zero-order chi connectivity index (χ0) is 15.2. The summed E-state index contributed by atoms with van der Waals surface area (Å²) in [6, 6.07) is 1.97. The summed E-state index contributed by atoms with van der Waals surface area (Å²) in [7, 11) is 1.91. The average Bonchev–Trinajstić information content (AvgIpc) is 2.85. The van der Waals surface area contributed by atoms with Crippen LogP contribution in [-0.4, -0.2) is 38.1 Å². The Kier molecular flexibility index (Phi) is 5.15. The van der Waals surface area contributed by atoms with Gasteiger partial charge >= 0.3 is 5.97 Å². The monoisotopic (exact) mass is 307 g/mol. The van der Waals surface area contributed by atoms with Crippen LogP contribution in [-0.2, 0) is 18.2 Å². The van der Waals surface area contributed by atoms with Gasteiger partial charge in [-0.2, -0.15) is 5.10 Å². The molecule has 0 aromatic carbocycles. The highest BCUT2D eigenvalue weighted by atomic mass is 32.2. The number of carbonyl (C=O) groups excluding carboxylic acids is 1. The Hall–Kier alpha value is -2.09. The number of ether oxygens (including phenoxy) is 1. The van der Waals surface area contributed by atoms with Crippen LogP contribution in [0.3, 0.4) is 0 Å².